The van der Waals surface area contributed by atoms with E-state index in [4.69, 9.17) is 16.7 Å². The lowest BCUT2D eigenvalue weighted by atomic mass is 10.1. The first-order chi connectivity index (χ1) is 9.06. The number of pyridine rings is 1. The minimum Gasteiger partial charge on any atom is -0.476 e. The van der Waals surface area contributed by atoms with E-state index in [1.54, 1.807) is 12.1 Å². The number of rotatable bonds is 2. The Labute approximate surface area is 116 Å². The van der Waals surface area contributed by atoms with E-state index >= 15 is 0 Å². The summed E-state index contributed by atoms with van der Waals surface area (Å²) in [5.74, 6) is 0.295. The molecule has 0 saturated carbocycles. The molecule has 1 aromatic rings. The van der Waals surface area contributed by atoms with E-state index in [9.17, 15) is 4.79 Å². The highest BCUT2D eigenvalue weighted by Gasteiger charge is 2.40. The van der Waals surface area contributed by atoms with Gasteiger partial charge in [0.2, 0.25) is 0 Å². The van der Waals surface area contributed by atoms with Crippen LogP contribution in [0.25, 0.3) is 0 Å². The van der Waals surface area contributed by atoms with Crippen LogP contribution in [0.1, 0.15) is 16.9 Å². The molecule has 0 radical (unpaired) electrons. The van der Waals surface area contributed by atoms with Crippen LogP contribution in [0.4, 0.5) is 5.82 Å². The van der Waals surface area contributed by atoms with Gasteiger partial charge in [-0.3, -0.25) is 0 Å². The van der Waals surface area contributed by atoms with E-state index in [0.717, 1.165) is 19.6 Å². The molecule has 5 nitrogen and oxygen atoms in total. The summed E-state index contributed by atoms with van der Waals surface area (Å²) in [7, 11) is 2.14. The molecule has 2 atom stereocenters. The lowest BCUT2D eigenvalue weighted by Gasteiger charge is -2.21. The summed E-state index contributed by atoms with van der Waals surface area (Å²) in [5.41, 5.74) is -0.0652. The summed E-state index contributed by atoms with van der Waals surface area (Å²) in [6, 6.07) is 3.98. The van der Waals surface area contributed by atoms with Gasteiger partial charge in [0, 0.05) is 19.1 Å². The molecule has 2 aliphatic rings. The Morgan fingerprint density at radius 3 is 2.95 bits per heavy atom. The molecule has 0 bridgehead atoms. The highest BCUT2D eigenvalue weighted by molar-refractivity contribution is 6.33. The highest BCUT2D eigenvalue weighted by atomic mass is 35.5. The highest BCUT2D eigenvalue weighted by Crippen LogP contribution is 2.33. The van der Waals surface area contributed by atoms with Crippen LogP contribution >= 0.6 is 11.6 Å². The average Bonchev–Trinajstić information content (AvgIpc) is 2.92. The van der Waals surface area contributed by atoms with Crippen molar-refractivity contribution in [2.45, 2.75) is 12.5 Å². The van der Waals surface area contributed by atoms with Crippen molar-refractivity contribution in [1.82, 2.24) is 9.88 Å². The van der Waals surface area contributed by atoms with E-state index in [0.29, 0.717) is 17.8 Å². The van der Waals surface area contributed by atoms with Gasteiger partial charge in [-0.1, -0.05) is 11.6 Å². The van der Waals surface area contributed by atoms with Crippen molar-refractivity contribution in [2.24, 2.45) is 5.92 Å². The van der Waals surface area contributed by atoms with Crippen molar-refractivity contribution in [3.63, 3.8) is 0 Å². The smallest absolute Gasteiger partial charge is 0.356 e. The normalized spacial score (nSPS) is 26.7. The zero-order chi connectivity index (χ0) is 13.6. The van der Waals surface area contributed by atoms with Gasteiger partial charge in [0.15, 0.2) is 5.69 Å². The summed E-state index contributed by atoms with van der Waals surface area (Å²) < 4.78 is 0. The van der Waals surface area contributed by atoms with Gasteiger partial charge in [0.25, 0.3) is 0 Å². The lowest BCUT2D eigenvalue weighted by Crippen LogP contribution is -2.32. The van der Waals surface area contributed by atoms with Gasteiger partial charge < -0.3 is 14.9 Å². The summed E-state index contributed by atoms with van der Waals surface area (Å²) in [5, 5.41) is 9.25. The third-order valence-electron chi connectivity index (χ3n) is 4.18. The third kappa shape index (κ3) is 2.17. The van der Waals surface area contributed by atoms with Gasteiger partial charge in [-0.15, -0.1) is 0 Å². The van der Waals surface area contributed by atoms with Gasteiger partial charge in [-0.05, 0) is 38.1 Å². The Balaban J connectivity index is 1.84. The Hall–Kier alpha value is -1.33. The number of nitrogens with zero attached hydrogens (tertiary/aromatic N) is 3. The van der Waals surface area contributed by atoms with Gasteiger partial charge in [0.05, 0.1) is 5.02 Å². The van der Waals surface area contributed by atoms with E-state index in [1.807, 2.05) is 0 Å². The van der Waals surface area contributed by atoms with E-state index in [-0.39, 0.29) is 10.7 Å². The maximum absolute atomic E-state index is 11.1. The number of hydrogen-bond donors (Lipinski definition) is 1. The number of anilines is 1. The van der Waals surface area contributed by atoms with Crippen LogP contribution in [0.15, 0.2) is 12.1 Å². The van der Waals surface area contributed by atoms with E-state index in [2.05, 4.69) is 21.8 Å². The van der Waals surface area contributed by atoms with Crippen LogP contribution in [-0.2, 0) is 0 Å². The molecule has 0 aliphatic carbocycles. The predicted molar refractivity (Wildman–Crippen MR) is 72.9 cm³/mol. The largest absolute Gasteiger partial charge is 0.476 e. The monoisotopic (exact) mass is 281 g/mol. The molecule has 1 aromatic heterocycles. The molecule has 0 spiro atoms. The average molecular weight is 282 g/mol. The van der Waals surface area contributed by atoms with Crippen molar-refractivity contribution in [3.05, 3.63) is 22.8 Å². The Morgan fingerprint density at radius 1 is 1.47 bits per heavy atom. The first kappa shape index (κ1) is 12.7. The number of aromatic carboxylic acids is 1. The van der Waals surface area contributed by atoms with Crippen molar-refractivity contribution in [2.75, 3.05) is 31.6 Å². The van der Waals surface area contributed by atoms with Gasteiger partial charge in [-0.2, -0.15) is 0 Å². The fraction of sp³-hybridized carbons (Fsp3) is 0.538. The molecule has 6 heteroatoms. The maximum Gasteiger partial charge on any atom is 0.356 e. The van der Waals surface area contributed by atoms with Crippen LogP contribution in [0.5, 0.6) is 0 Å². The second-order valence-electron chi connectivity index (χ2n) is 5.31. The Morgan fingerprint density at radius 2 is 2.26 bits per heavy atom. The minimum absolute atomic E-state index is 0.0652. The molecule has 2 fully saturated rings. The third-order valence-corrected chi connectivity index (χ3v) is 4.49. The summed E-state index contributed by atoms with van der Waals surface area (Å²) in [4.78, 5) is 19.8. The minimum atomic E-state index is -1.08. The number of aromatic nitrogens is 1. The Kier molecular flexibility index (Phi) is 3.11. The molecule has 2 aliphatic heterocycles. The summed E-state index contributed by atoms with van der Waals surface area (Å²) in [6.45, 7) is 3.01. The number of halogens is 1. The lowest BCUT2D eigenvalue weighted by molar-refractivity contribution is 0.0691. The van der Waals surface area contributed by atoms with Crippen molar-refractivity contribution in [3.8, 4) is 0 Å². The molecule has 3 heterocycles. The van der Waals surface area contributed by atoms with Crippen molar-refractivity contribution in [1.29, 1.82) is 0 Å². The molecule has 3 rings (SSSR count). The number of carboxylic acids is 1. The van der Waals surface area contributed by atoms with Crippen LogP contribution < -0.4 is 4.90 Å². The number of carboxylic acid groups (broad SMARTS) is 1. The van der Waals surface area contributed by atoms with Crippen LogP contribution in [0.2, 0.25) is 5.02 Å². The second-order valence-corrected chi connectivity index (χ2v) is 5.71. The van der Waals surface area contributed by atoms with Gasteiger partial charge >= 0.3 is 5.97 Å². The fourth-order valence-corrected chi connectivity index (χ4v) is 3.30. The SMILES string of the molecule is CN1CC[C@H]2CN(c3ccc(Cl)c(C(=O)O)n3)C[C@H]21. The van der Waals surface area contributed by atoms with E-state index < -0.39 is 5.97 Å². The molecule has 2 saturated heterocycles. The summed E-state index contributed by atoms with van der Waals surface area (Å²) >= 11 is 5.85. The molecule has 0 amide bonds. The molecule has 0 unspecified atom stereocenters. The maximum atomic E-state index is 11.1. The second kappa shape index (κ2) is 4.65. The number of likely N-dealkylation sites (N-methyl/N-ethyl adjacent to an activating group) is 1. The predicted octanol–water partition coefficient (Wildman–Crippen LogP) is 1.57. The summed E-state index contributed by atoms with van der Waals surface area (Å²) in [6.07, 6.45) is 1.21. The molecular formula is C13H16ClN3O2. The van der Waals surface area contributed by atoms with Gasteiger partial charge in [0.1, 0.15) is 5.82 Å². The first-order valence-electron chi connectivity index (χ1n) is 6.41. The fourth-order valence-electron chi connectivity index (χ4n) is 3.12. The molecule has 102 valence electrons. The topological polar surface area (TPSA) is 56.7 Å². The van der Waals surface area contributed by atoms with Crippen LogP contribution in [0.3, 0.4) is 0 Å². The van der Waals surface area contributed by atoms with E-state index in [1.165, 1.54) is 6.42 Å². The number of fused-ring (bicyclic) bond motifs is 1. The zero-order valence-corrected chi connectivity index (χ0v) is 11.5. The van der Waals surface area contributed by atoms with Crippen LogP contribution in [0, 0.1) is 5.92 Å². The van der Waals surface area contributed by atoms with Crippen molar-refractivity contribution < 1.29 is 9.90 Å². The number of likely N-dealkylation sites (tertiary alicyclic amines) is 1. The number of hydrogen-bond acceptors (Lipinski definition) is 4. The molecule has 19 heavy (non-hydrogen) atoms. The standard InChI is InChI=1S/C13H16ClN3O2/c1-16-5-4-8-6-17(7-10(8)16)11-3-2-9(14)12(15-11)13(18)19/h2-3,8,10H,4-7H2,1H3,(H,18,19)/t8-,10+/m0/s1. The zero-order valence-electron chi connectivity index (χ0n) is 10.7. The molecule has 0 aromatic carbocycles. The van der Waals surface area contributed by atoms with Crippen LogP contribution in [-0.4, -0.2) is 53.7 Å². The molecule has 1 N–H and O–H groups in total. The Bertz CT molecular complexity index is 523. The quantitative estimate of drug-likeness (QED) is 0.892. The number of carbonyl (C=O) groups is 1. The van der Waals surface area contributed by atoms with Crippen molar-refractivity contribution >= 4 is 23.4 Å². The van der Waals surface area contributed by atoms with Gasteiger partial charge in [-0.25, -0.2) is 9.78 Å². The first-order valence-corrected chi connectivity index (χ1v) is 6.79. The molecular weight excluding hydrogens is 266 g/mol.